The number of likely N-dealkylation sites (N-methyl/N-ethyl adjacent to an activating group) is 1. The van der Waals surface area contributed by atoms with E-state index in [1.165, 1.54) is 0 Å². The third kappa shape index (κ3) is 5.95. The Balaban J connectivity index is 1.72. The lowest BCUT2D eigenvalue weighted by molar-refractivity contribution is -0.0498. The van der Waals surface area contributed by atoms with Crippen molar-refractivity contribution in [3.05, 3.63) is 29.8 Å². The standard InChI is InChI=1S/C15H23F2N3O/c1-19(10-11-20-8-6-18-7-9-20)12-13-2-4-14(5-3-13)21-15(16)17/h2-5,15,18H,6-12H2,1H3. The van der Waals surface area contributed by atoms with Crippen molar-refractivity contribution in [2.45, 2.75) is 13.2 Å². The third-order valence-electron chi connectivity index (χ3n) is 3.61. The van der Waals surface area contributed by atoms with E-state index in [1.54, 1.807) is 12.1 Å². The van der Waals surface area contributed by atoms with Crippen LogP contribution in [0.15, 0.2) is 24.3 Å². The zero-order chi connectivity index (χ0) is 15.1. The zero-order valence-electron chi connectivity index (χ0n) is 12.4. The molecule has 0 atom stereocenters. The maximum Gasteiger partial charge on any atom is 0.387 e. The van der Waals surface area contributed by atoms with Crippen molar-refractivity contribution in [3.63, 3.8) is 0 Å². The van der Waals surface area contributed by atoms with Gasteiger partial charge >= 0.3 is 6.61 Å². The summed E-state index contributed by atoms with van der Waals surface area (Å²) in [6, 6.07) is 6.84. The molecule has 1 N–H and O–H groups in total. The predicted octanol–water partition coefficient (Wildman–Crippen LogP) is 1.62. The molecule has 1 aromatic rings. The van der Waals surface area contributed by atoms with Gasteiger partial charge < -0.3 is 15.0 Å². The van der Waals surface area contributed by atoms with Gasteiger partial charge in [0.1, 0.15) is 5.75 Å². The molecular formula is C15H23F2N3O. The molecule has 1 aliphatic rings. The van der Waals surface area contributed by atoms with Crippen LogP contribution < -0.4 is 10.1 Å². The lowest BCUT2D eigenvalue weighted by Gasteiger charge is -2.29. The fraction of sp³-hybridized carbons (Fsp3) is 0.600. The predicted molar refractivity (Wildman–Crippen MR) is 78.7 cm³/mol. The smallest absolute Gasteiger partial charge is 0.387 e. The van der Waals surface area contributed by atoms with Gasteiger partial charge in [-0.25, -0.2) is 0 Å². The number of nitrogens with zero attached hydrogens (tertiary/aromatic N) is 2. The van der Waals surface area contributed by atoms with E-state index in [2.05, 4.69) is 26.9 Å². The SMILES string of the molecule is CN(CCN1CCNCC1)Cc1ccc(OC(F)F)cc1. The number of alkyl halides is 2. The van der Waals surface area contributed by atoms with E-state index in [9.17, 15) is 8.78 Å². The third-order valence-corrected chi connectivity index (χ3v) is 3.61. The quantitative estimate of drug-likeness (QED) is 0.828. The summed E-state index contributed by atoms with van der Waals surface area (Å²) in [6.45, 7) is 4.43. The number of nitrogens with one attached hydrogen (secondary N) is 1. The van der Waals surface area contributed by atoms with E-state index >= 15 is 0 Å². The molecule has 0 saturated carbocycles. The Labute approximate surface area is 124 Å². The van der Waals surface area contributed by atoms with Gasteiger partial charge in [0.05, 0.1) is 0 Å². The number of hydrogen-bond acceptors (Lipinski definition) is 4. The van der Waals surface area contributed by atoms with Gasteiger partial charge in [0.15, 0.2) is 0 Å². The Bertz CT molecular complexity index is 408. The van der Waals surface area contributed by atoms with Gasteiger partial charge in [0, 0.05) is 45.8 Å². The van der Waals surface area contributed by atoms with Crippen molar-refractivity contribution in [3.8, 4) is 5.75 Å². The van der Waals surface area contributed by atoms with E-state index in [0.29, 0.717) is 0 Å². The van der Waals surface area contributed by atoms with Gasteiger partial charge in [-0.05, 0) is 24.7 Å². The molecule has 21 heavy (non-hydrogen) atoms. The molecule has 4 nitrogen and oxygen atoms in total. The Morgan fingerprint density at radius 1 is 1.24 bits per heavy atom. The minimum absolute atomic E-state index is 0.206. The van der Waals surface area contributed by atoms with Crippen LogP contribution in [0.1, 0.15) is 5.56 Å². The number of ether oxygens (including phenoxy) is 1. The van der Waals surface area contributed by atoms with Crippen molar-refractivity contribution >= 4 is 0 Å². The highest BCUT2D eigenvalue weighted by atomic mass is 19.3. The topological polar surface area (TPSA) is 27.7 Å². The lowest BCUT2D eigenvalue weighted by atomic mass is 10.2. The highest BCUT2D eigenvalue weighted by molar-refractivity contribution is 5.27. The molecular weight excluding hydrogens is 276 g/mol. The molecule has 0 bridgehead atoms. The van der Waals surface area contributed by atoms with Crippen molar-refractivity contribution in [1.82, 2.24) is 15.1 Å². The minimum atomic E-state index is -2.77. The van der Waals surface area contributed by atoms with Crippen LogP contribution in [0.25, 0.3) is 0 Å². The van der Waals surface area contributed by atoms with Crippen molar-refractivity contribution in [1.29, 1.82) is 0 Å². The Hall–Kier alpha value is -1.24. The number of piperazine rings is 1. The molecule has 6 heteroatoms. The summed E-state index contributed by atoms with van der Waals surface area (Å²) >= 11 is 0. The number of benzene rings is 1. The second-order valence-electron chi connectivity index (χ2n) is 5.35. The van der Waals surface area contributed by atoms with E-state index < -0.39 is 6.61 Å². The fourth-order valence-electron chi connectivity index (χ4n) is 2.41. The second-order valence-corrected chi connectivity index (χ2v) is 5.35. The summed E-state index contributed by atoms with van der Waals surface area (Å²) in [6.07, 6.45) is 0. The van der Waals surface area contributed by atoms with Gasteiger partial charge in [-0.15, -0.1) is 0 Å². The highest BCUT2D eigenvalue weighted by Crippen LogP contribution is 2.15. The van der Waals surface area contributed by atoms with Crippen molar-refractivity contribution in [2.75, 3.05) is 46.3 Å². The van der Waals surface area contributed by atoms with E-state index in [4.69, 9.17) is 0 Å². The maximum atomic E-state index is 12.1. The van der Waals surface area contributed by atoms with Crippen LogP contribution in [0.5, 0.6) is 5.75 Å². The van der Waals surface area contributed by atoms with Gasteiger partial charge in [0.2, 0.25) is 0 Å². The Kier molecular flexibility index (Phi) is 6.35. The van der Waals surface area contributed by atoms with E-state index in [1.807, 2.05) is 12.1 Å². The Morgan fingerprint density at radius 2 is 1.90 bits per heavy atom. The number of halogens is 2. The van der Waals surface area contributed by atoms with E-state index in [0.717, 1.165) is 51.4 Å². The van der Waals surface area contributed by atoms with Gasteiger partial charge in [-0.3, -0.25) is 4.90 Å². The first-order valence-electron chi connectivity index (χ1n) is 7.29. The average molecular weight is 299 g/mol. The van der Waals surface area contributed by atoms with Crippen LogP contribution in [-0.2, 0) is 6.54 Å². The molecule has 0 aliphatic carbocycles. The largest absolute Gasteiger partial charge is 0.435 e. The molecule has 0 aromatic heterocycles. The summed E-state index contributed by atoms with van der Waals surface area (Å²) < 4.78 is 28.5. The highest BCUT2D eigenvalue weighted by Gasteiger charge is 2.10. The monoisotopic (exact) mass is 299 g/mol. The molecule has 1 heterocycles. The minimum Gasteiger partial charge on any atom is -0.435 e. The molecule has 1 aliphatic heterocycles. The summed E-state index contributed by atoms with van der Waals surface area (Å²) in [5.74, 6) is 0.206. The van der Waals surface area contributed by atoms with Gasteiger partial charge in [0.25, 0.3) is 0 Å². The molecule has 0 unspecified atom stereocenters. The fourth-order valence-corrected chi connectivity index (χ4v) is 2.41. The molecule has 118 valence electrons. The van der Waals surface area contributed by atoms with Gasteiger partial charge in [-0.2, -0.15) is 8.78 Å². The number of hydrogen-bond donors (Lipinski definition) is 1. The summed E-state index contributed by atoms with van der Waals surface area (Å²) in [7, 11) is 2.08. The maximum absolute atomic E-state index is 12.1. The molecule has 0 radical (unpaired) electrons. The molecule has 1 saturated heterocycles. The van der Waals surface area contributed by atoms with Crippen LogP contribution in [-0.4, -0.2) is 62.7 Å². The number of rotatable bonds is 7. The van der Waals surface area contributed by atoms with Gasteiger partial charge in [-0.1, -0.05) is 12.1 Å². The summed E-state index contributed by atoms with van der Waals surface area (Å²) in [4.78, 5) is 4.69. The summed E-state index contributed by atoms with van der Waals surface area (Å²) in [5, 5.41) is 3.34. The lowest BCUT2D eigenvalue weighted by Crippen LogP contribution is -2.45. The second kappa shape index (κ2) is 8.26. The van der Waals surface area contributed by atoms with Crippen molar-refractivity contribution < 1.29 is 13.5 Å². The molecule has 2 rings (SSSR count). The summed E-state index contributed by atoms with van der Waals surface area (Å²) in [5.41, 5.74) is 1.10. The first kappa shape index (κ1) is 16.1. The average Bonchev–Trinajstić information content (AvgIpc) is 2.48. The first-order chi connectivity index (χ1) is 10.1. The molecule has 1 aromatic carbocycles. The van der Waals surface area contributed by atoms with Crippen molar-refractivity contribution in [2.24, 2.45) is 0 Å². The molecule has 1 fully saturated rings. The molecule has 0 spiro atoms. The van der Waals surface area contributed by atoms with Crippen LogP contribution in [0, 0.1) is 0 Å². The van der Waals surface area contributed by atoms with Crippen LogP contribution in [0.3, 0.4) is 0 Å². The van der Waals surface area contributed by atoms with Crippen LogP contribution >= 0.6 is 0 Å². The zero-order valence-corrected chi connectivity index (χ0v) is 12.4. The first-order valence-corrected chi connectivity index (χ1v) is 7.29. The van der Waals surface area contributed by atoms with Crippen LogP contribution in [0.4, 0.5) is 8.78 Å². The molecule has 0 amide bonds. The van der Waals surface area contributed by atoms with Crippen LogP contribution in [0.2, 0.25) is 0 Å². The normalized spacial score (nSPS) is 16.6. The van der Waals surface area contributed by atoms with E-state index in [-0.39, 0.29) is 5.75 Å². The Morgan fingerprint density at radius 3 is 2.52 bits per heavy atom.